The summed E-state index contributed by atoms with van der Waals surface area (Å²) in [6, 6.07) is 6.31. The third-order valence-corrected chi connectivity index (χ3v) is 6.38. The summed E-state index contributed by atoms with van der Waals surface area (Å²) in [6.07, 6.45) is 2.23. The summed E-state index contributed by atoms with van der Waals surface area (Å²) < 4.78 is 31.6. The SMILES string of the molecule is Cc1cccc(C)c1CN1CC[C@@H]2OCCN(S(C)(=O)=O)[C@H]2C1. The fourth-order valence-electron chi connectivity index (χ4n) is 3.78. The normalized spacial score (nSPS) is 26.9. The summed E-state index contributed by atoms with van der Waals surface area (Å²) in [5.74, 6) is 0. The molecular weight excluding hydrogens is 312 g/mol. The molecule has 2 aliphatic heterocycles. The van der Waals surface area contributed by atoms with Crippen LogP contribution in [0.1, 0.15) is 23.1 Å². The molecule has 2 fully saturated rings. The number of piperidine rings is 1. The van der Waals surface area contributed by atoms with Gasteiger partial charge in [0.05, 0.1) is 25.0 Å². The van der Waals surface area contributed by atoms with Crippen LogP contribution in [0.15, 0.2) is 18.2 Å². The highest BCUT2D eigenvalue weighted by molar-refractivity contribution is 7.88. The van der Waals surface area contributed by atoms with E-state index in [0.717, 1.165) is 26.1 Å². The van der Waals surface area contributed by atoms with Crippen molar-refractivity contribution in [1.82, 2.24) is 9.21 Å². The summed E-state index contributed by atoms with van der Waals surface area (Å²) in [5.41, 5.74) is 3.95. The number of fused-ring (bicyclic) bond motifs is 1. The molecule has 128 valence electrons. The minimum absolute atomic E-state index is 0.0349. The van der Waals surface area contributed by atoms with E-state index in [1.165, 1.54) is 22.9 Å². The van der Waals surface area contributed by atoms with Crippen LogP contribution in [0.25, 0.3) is 0 Å². The number of likely N-dealkylation sites (tertiary alicyclic amines) is 1. The smallest absolute Gasteiger partial charge is 0.211 e. The van der Waals surface area contributed by atoms with Gasteiger partial charge in [0.1, 0.15) is 0 Å². The Balaban J connectivity index is 1.77. The topological polar surface area (TPSA) is 49.9 Å². The van der Waals surface area contributed by atoms with Crippen molar-refractivity contribution in [2.24, 2.45) is 0 Å². The van der Waals surface area contributed by atoms with Crippen molar-refractivity contribution < 1.29 is 13.2 Å². The van der Waals surface area contributed by atoms with E-state index < -0.39 is 10.0 Å². The number of nitrogens with zero attached hydrogens (tertiary/aromatic N) is 2. The number of aryl methyl sites for hydroxylation is 2. The number of morpholine rings is 1. The van der Waals surface area contributed by atoms with Crippen molar-refractivity contribution >= 4 is 10.0 Å². The molecule has 0 radical (unpaired) electrons. The number of sulfonamides is 1. The molecule has 0 N–H and O–H groups in total. The lowest BCUT2D eigenvalue weighted by molar-refractivity contribution is -0.0768. The second kappa shape index (κ2) is 6.51. The monoisotopic (exact) mass is 338 g/mol. The highest BCUT2D eigenvalue weighted by Gasteiger charge is 2.40. The van der Waals surface area contributed by atoms with Crippen molar-refractivity contribution in [2.45, 2.75) is 39.0 Å². The fraction of sp³-hybridized carbons (Fsp3) is 0.647. The highest BCUT2D eigenvalue weighted by atomic mass is 32.2. The number of hydrogen-bond acceptors (Lipinski definition) is 4. The van der Waals surface area contributed by atoms with Crippen LogP contribution in [0, 0.1) is 13.8 Å². The summed E-state index contributed by atoms with van der Waals surface area (Å²) in [6.45, 7) is 7.82. The molecule has 3 rings (SSSR count). The standard InChI is InChI=1S/C17H26N2O3S/c1-13-5-4-6-14(2)15(13)11-18-8-7-17-16(12-18)19(9-10-22-17)23(3,20)21/h4-6,16-17H,7-12H2,1-3H3/t16-,17-/m0/s1. The van der Waals surface area contributed by atoms with Crippen molar-refractivity contribution in [3.05, 3.63) is 34.9 Å². The third kappa shape index (κ3) is 3.60. The van der Waals surface area contributed by atoms with Gasteiger partial charge in [-0.1, -0.05) is 18.2 Å². The van der Waals surface area contributed by atoms with Crippen LogP contribution in [0.4, 0.5) is 0 Å². The third-order valence-electron chi connectivity index (χ3n) is 5.07. The Morgan fingerprint density at radius 2 is 1.91 bits per heavy atom. The Kier molecular flexibility index (Phi) is 4.78. The molecule has 1 aromatic rings. The zero-order chi connectivity index (χ0) is 16.6. The summed E-state index contributed by atoms with van der Waals surface area (Å²) in [4.78, 5) is 2.36. The van der Waals surface area contributed by atoms with E-state index in [0.29, 0.717) is 13.2 Å². The molecule has 0 spiro atoms. The van der Waals surface area contributed by atoms with E-state index in [2.05, 4.69) is 36.9 Å². The number of rotatable bonds is 3. The van der Waals surface area contributed by atoms with Crippen molar-refractivity contribution in [3.8, 4) is 0 Å². The maximum absolute atomic E-state index is 12.1. The van der Waals surface area contributed by atoms with Gasteiger partial charge in [0.15, 0.2) is 0 Å². The first-order valence-electron chi connectivity index (χ1n) is 8.22. The van der Waals surface area contributed by atoms with E-state index in [4.69, 9.17) is 4.74 Å². The molecule has 0 aromatic heterocycles. The fourth-order valence-corrected chi connectivity index (χ4v) is 4.88. The van der Waals surface area contributed by atoms with Gasteiger partial charge in [0.25, 0.3) is 0 Å². The molecule has 2 aliphatic rings. The molecule has 2 heterocycles. The average Bonchev–Trinajstić information content (AvgIpc) is 2.49. The first kappa shape index (κ1) is 16.9. The molecule has 0 amide bonds. The highest BCUT2D eigenvalue weighted by Crippen LogP contribution is 2.27. The number of hydrogen-bond donors (Lipinski definition) is 0. The Hall–Kier alpha value is -0.950. The van der Waals surface area contributed by atoms with E-state index in [9.17, 15) is 8.42 Å². The van der Waals surface area contributed by atoms with Crippen molar-refractivity contribution in [1.29, 1.82) is 0 Å². The molecule has 0 saturated carbocycles. The van der Waals surface area contributed by atoms with Gasteiger partial charge in [0.2, 0.25) is 10.0 Å². The molecule has 5 nitrogen and oxygen atoms in total. The molecule has 0 aliphatic carbocycles. The van der Waals surface area contributed by atoms with Gasteiger partial charge in [-0.25, -0.2) is 8.42 Å². The number of benzene rings is 1. The Bertz CT molecular complexity index is 654. The van der Waals surface area contributed by atoms with E-state index in [1.54, 1.807) is 4.31 Å². The molecule has 0 bridgehead atoms. The van der Waals surface area contributed by atoms with Gasteiger partial charge in [-0.15, -0.1) is 0 Å². The Morgan fingerprint density at radius 1 is 1.22 bits per heavy atom. The molecule has 2 atom stereocenters. The second-order valence-corrected chi connectivity index (χ2v) is 8.68. The zero-order valence-electron chi connectivity index (χ0n) is 14.2. The molecule has 2 saturated heterocycles. The summed E-state index contributed by atoms with van der Waals surface area (Å²) in [5, 5.41) is 0. The van der Waals surface area contributed by atoms with Gasteiger partial charge in [-0.3, -0.25) is 4.90 Å². The number of ether oxygens (including phenoxy) is 1. The minimum atomic E-state index is -3.18. The first-order valence-corrected chi connectivity index (χ1v) is 10.1. The van der Waals surface area contributed by atoms with Gasteiger partial charge < -0.3 is 4.74 Å². The molecule has 23 heavy (non-hydrogen) atoms. The average molecular weight is 338 g/mol. The second-order valence-electron chi connectivity index (χ2n) is 6.74. The largest absolute Gasteiger partial charge is 0.375 e. The lowest BCUT2D eigenvalue weighted by atomic mass is 9.98. The van der Waals surface area contributed by atoms with Gasteiger partial charge in [-0.05, 0) is 37.0 Å². The Labute approximate surface area is 139 Å². The van der Waals surface area contributed by atoms with Crippen LogP contribution < -0.4 is 0 Å². The predicted molar refractivity (Wildman–Crippen MR) is 90.9 cm³/mol. The van der Waals surface area contributed by atoms with E-state index >= 15 is 0 Å². The molecule has 1 aromatic carbocycles. The van der Waals surface area contributed by atoms with E-state index in [1.807, 2.05) is 0 Å². The quantitative estimate of drug-likeness (QED) is 0.839. The zero-order valence-corrected chi connectivity index (χ0v) is 15.0. The Morgan fingerprint density at radius 3 is 2.57 bits per heavy atom. The van der Waals surface area contributed by atoms with Crippen LogP contribution in [0.3, 0.4) is 0 Å². The first-order chi connectivity index (χ1) is 10.9. The van der Waals surface area contributed by atoms with Crippen molar-refractivity contribution in [2.75, 3.05) is 32.5 Å². The van der Waals surface area contributed by atoms with Gasteiger partial charge in [0, 0.05) is 26.2 Å². The molecule has 0 unspecified atom stereocenters. The van der Waals surface area contributed by atoms with Crippen LogP contribution in [0.5, 0.6) is 0 Å². The van der Waals surface area contributed by atoms with Gasteiger partial charge in [-0.2, -0.15) is 4.31 Å². The van der Waals surface area contributed by atoms with Crippen molar-refractivity contribution in [3.63, 3.8) is 0 Å². The maximum atomic E-state index is 12.1. The van der Waals surface area contributed by atoms with E-state index in [-0.39, 0.29) is 12.1 Å². The van der Waals surface area contributed by atoms with Crippen LogP contribution >= 0.6 is 0 Å². The van der Waals surface area contributed by atoms with Crippen LogP contribution in [-0.2, 0) is 21.3 Å². The predicted octanol–water partition coefficient (Wildman–Crippen LogP) is 1.54. The summed E-state index contributed by atoms with van der Waals surface area (Å²) in [7, 11) is -3.18. The van der Waals surface area contributed by atoms with Crippen LogP contribution in [0.2, 0.25) is 0 Å². The van der Waals surface area contributed by atoms with Crippen LogP contribution in [-0.4, -0.2) is 62.3 Å². The minimum Gasteiger partial charge on any atom is -0.375 e. The van der Waals surface area contributed by atoms with Gasteiger partial charge >= 0.3 is 0 Å². The lowest BCUT2D eigenvalue weighted by Gasteiger charge is -2.46. The molecule has 6 heteroatoms. The molecular formula is C17H26N2O3S. The lowest BCUT2D eigenvalue weighted by Crippen LogP contribution is -2.60. The summed E-state index contributed by atoms with van der Waals surface area (Å²) >= 11 is 0. The maximum Gasteiger partial charge on any atom is 0.211 e.